The fourth-order valence-corrected chi connectivity index (χ4v) is 0.374. The van der Waals surface area contributed by atoms with Crippen molar-refractivity contribution in [3.05, 3.63) is 0 Å². The molecule has 0 rings (SSSR count). The maximum atomic E-state index is 9.46. The second-order valence-corrected chi connectivity index (χ2v) is 1.59. The van der Waals surface area contributed by atoms with Gasteiger partial charge in [-0.15, -0.1) is 0 Å². The second-order valence-electron chi connectivity index (χ2n) is 0.928. The number of aliphatic hydroxyl groups excluding tert-OH is 1. The van der Waals surface area contributed by atoms with Crippen molar-refractivity contribution in [2.75, 3.05) is 0 Å². The molecule has 0 aromatic carbocycles. The van der Waals surface area contributed by atoms with E-state index in [0.717, 1.165) is 0 Å². The van der Waals surface area contributed by atoms with E-state index in [9.17, 15) is 9.79 Å². The zero-order chi connectivity index (χ0) is 5.86. The van der Waals surface area contributed by atoms with Gasteiger partial charge in [-0.25, -0.2) is 0 Å². The Bertz CT molecular complexity index is 40.5. The summed E-state index contributed by atoms with van der Waals surface area (Å²) in [5.41, 5.74) is 0. The molecule has 5 heteroatoms. The lowest BCUT2D eigenvalue weighted by molar-refractivity contribution is -0.326. The molecule has 52 valence electrons. The van der Waals surface area contributed by atoms with Crippen LogP contribution in [0.4, 0.5) is 0 Å². The van der Waals surface area contributed by atoms with Crippen molar-refractivity contribution in [2.45, 2.75) is 20.6 Å². The summed E-state index contributed by atoms with van der Waals surface area (Å²) in [6.07, 6.45) is -1.22. The third-order valence-electron chi connectivity index (χ3n) is 0.239. The zero-order valence-electron chi connectivity index (χ0n) is 3.70. The molecule has 8 heavy (non-hydrogen) atoms. The van der Waals surface area contributed by atoms with E-state index in [4.69, 9.17) is 5.11 Å². The van der Waals surface area contributed by atoms with Gasteiger partial charge in [-0.1, -0.05) is 7.43 Å². The zero-order valence-corrected chi connectivity index (χ0v) is 4.59. The molecule has 0 aromatic rings. The van der Waals surface area contributed by atoms with Gasteiger partial charge >= 0.3 is 0 Å². The molecule has 0 bridgehead atoms. The molecular formula is C3H9O4P-2. The minimum absolute atomic E-state index is 0. The van der Waals surface area contributed by atoms with E-state index in [1.807, 2.05) is 0 Å². The lowest BCUT2D eigenvalue weighted by atomic mass is 10.8. The van der Waals surface area contributed by atoms with E-state index < -0.39 is 14.9 Å². The molecule has 0 aromatic heterocycles. The quantitative estimate of drug-likeness (QED) is 0.391. The van der Waals surface area contributed by atoms with Crippen molar-refractivity contribution in [2.24, 2.45) is 0 Å². The molecule has 0 aliphatic rings. The summed E-state index contributed by atoms with van der Waals surface area (Å²) in [5.74, 6) is 0. The van der Waals surface area contributed by atoms with Crippen LogP contribution in [-0.4, -0.2) is 11.4 Å². The largest absolute Gasteiger partial charge is 0.820 e. The normalized spacial score (nSPS) is 13.1. The molecule has 1 atom stereocenters. The first-order chi connectivity index (χ1) is 3.13. The average molecular weight is 140 g/mol. The van der Waals surface area contributed by atoms with Crippen LogP contribution in [0.2, 0.25) is 0 Å². The van der Waals surface area contributed by atoms with Gasteiger partial charge in [0.05, 0.1) is 0 Å². The SMILES string of the molecule is C.CC(O)OP([O-])[O-]. The van der Waals surface area contributed by atoms with E-state index in [2.05, 4.69) is 4.52 Å². The summed E-state index contributed by atoms with van der Waals surface area (Å²) in [5, 5.41) is 8.12. The van der Waals surface area contributed by atoms with Crippen LogP contribution in [-0.2, 0) is 4.52 Å². The number of hydrogen-bond acceptors (Lipinski definition) is 4. The maximum absolute atomic E-state index is 9.46. The van der Waals surface area contributed by atoms with E-state index in [1.54, 1.807) is 0 Å². The predicted octanol–water partition coefficient (Wildman–Crippen LogP) is -1.08. The molecule has 0 fully saturated rings. The van der Waals surface area contributed by atoms with Crippen molar-refractivity contribution in [3.63, 3.8) is 0 Å². The van der Waals surface area contributed by atoms with Crippen LogP contribution in [0.1, 0.15) is 14.4 Å². The van der Waals surface area contributed by atoms with E-state index in [1.165, 1.54) is 6.92 Å². The summed E-state index contributed by atoms with van der Waals surface area (Å²) >= 11 is 0. The van der Waals surface area contributed by atoms with Crippen LogP contribution in [0, 0.1) is 0 Å². The van der Waals surface area contributed by atoms with Crippen LogP contribution in [0.3, 0.4) is 0 Å². The van der Waals surface area contributed by atoms with Gasteiger partial charge in [0.1, 0.15) is 0 Å². The number of rotatable bonds is 2. The Morgan fingerprint density at radius 1 is 1.62 bits per heavy atom. The molecule has 0 radical (unpaired) electrons. The van der Waals surface area contributed by atoms with Gasteiger partial charge in [0.2, 0.25) is 0 Å². The Balaban J connectivity index is 0. The van der Waals surface area contributed by atoms with Crippen LogP contribution in [0.15, 0.2) is 0 Å². The van der Waals surface area contributed by atoms with Gasteiger partial charge in [-0.05, 0) is 6.92 Å². The highest BCUT2D eigenvalue weighted by Gasteiger charge is 1.85. The Kier molecular flexibility index (Phi) is 7.52. The summed E-state index contributed by atoms with van der Waals surface area (Å²) in [6, 6.07) is 0. The van der Waals surface area contributed by atoms with E-state index in [-0.39, 0.29) is 7.43 Å². The minimum Gasteiger partial charge on any atom is -0.820 e. The van der Waals surface area contributed by atoms with Crippen molar-refractivity contribution < 1.29 is 19.4 Å². The van der Waals surface area contributed by atoms with Gasteiger partial charge in [-0.2, -0.15) is 8.60 Å². The standard InChI is InChI=1S/C2H5O4P.CH4/c1-2(3)6-7(4)5;/h2-3H,1H3;1H4/q-2;. The first kappa shape index (κ1) is 11.1. The topological polar surface area (TPSA) is 75.6 Å². The third kappa shape index (κ3) is 9.55. The van der Waals surface area contributed by atoms with E-state index >= 15 is 0 Å². The molecule has 0 amide bonds. The molecule has 0 heterocycles. The lowest BCUT2D eigenvalue weighted by Crippen LogP contribution is -2.15. The molecular weight excluding hydrogens is 131 g/mol. The predicted molar refractivity (Wildman–Crippen MR) is 26.4 cm³/mol. The molecule has 0 saturated heterocycles. The first-order valence-electron chi connectivity index (χ1n) is 1.62. The van der Waals surface area contributed by atoms with Crippen molar-refractivity contribution >= 4 is 8.60 Å². The summed E-state index contributed by atoms with van der Waals surface area (Å²) in [6.45, 7) is 1.21. The molecule has 0 spiro atoms. The Morgan fingerprint density at radius 3 is 2.00 bits per heavy atom. The molecule has 0 aliphatic heterocycles. The van der Waals surface area contributed by atoms with Gasteiger partial charge < -0.3 is 19.4 Å². The monoisotopic (exact) mass is 140 g/mol. The Hall–Kier alpha value is 0.270. The molecule has 0 saturated carbocycles. The molecule has 4 nitrogen and oxygen atoms in total. The first-order valence-corrected chi connectivity index (χ1v) is 2.71. The van der Waals surface area contributed by atoms with Crippen LogP contribution >= 0.6 is 8.60 Å². The van der Waals surface area contributed by atoms with Crippen LogP contribution < -0.4 is 9.79 Å². The van der Waals surface area contributed by atoms with Crippen molar-refractivity contribution in [3.8, 4) is 0 Å². The van der Waals surface area contributed by atoms with Crippen molar-refractivity contribution in [1.82, 2.24) is 0 Å². The van der Waals surface area contributed by atoms with Gasteiger partial charge in [0.25, 0.3) is 0 Å². The highest BCUT2D eigenvalue weighted by molar-refractivity contribution is 7.36. The fourth-order valence-electron chi connectivity index (χ4n) is 0.125. The van der Waals surface area contributed by atoms with Gasteiger partial charge in [0.15, 0.2) is 6.29 Å². The molecule has 0 aliphatic carbocycles. The molecule has 1 unspecified atom stereocenters. The van der Waals surface area contributed by atoms with E-state index in [0.29, 0.717) is 0 Å². The fraction of sp³-hybridized carbons (Fsp3) is 1.00. The number of aliphatic hydroxyl groups is 1. The number of hydrogen-bond donors (Lipinski definition) is 1. The summed E-state index contributed by atoms with van der Waals surface area (Å²) in [7, 11) is -2.89. The van der Waals surface area contributed by atoms with Gasteiger partial charge in [0, 0.05) is 0 Å². The average Bonchev–Trinajstić information content (AvgIpc) is 1.27. The van der Waals surface area contributed by atoms with Gasteiger partial charge in [-0.3, -0.25) is 0 Å². The molecule has 1 N–H and O–H groups in total. The lowest BCUT2D eigenvalue weighted by Gasteiger charge is -2.30. The van der Waals surface area contributed by atoms with Crippen molar-refractivity contribution in [1.29, 1.82) is 0 Å². The summed E-state index contributed by atoms with van der Waals surface area (Å²) < 4.78 is 3.76. The highest BCUT2D eigenvalue weighted by Crippen LogP contribution is 2.13. The second kappa shape index (κ2) is 5.41. The highest BCUT2D eigenvalue weighted by atomic mass is 31.2. The Morgan fingerprint density at radius 2 is 2.00 bits per heavy atom. The summed E-state index contributed by atoms with van der Waals surface area (Å²) in [4.78, 5) is 18.9. The minimum atomic E-state index is -2.89. The third-order valence-corrected chi connectivity index (χ3v) is 0.716. The Labute approximate surface area is 49.7 Å². The maximum Gasteiger partial charge on any atom is 0.152 e. The van der Waals surface area contributed by atoms with Crippen LogP contribution in [0.25, 0.3) is 0 Å². The smallest absolute Gasteiger partial charge is 0.152 e. The van der Waals surface area contributed by atoms with Crippen LogP contribution in [0.5, 0.6) is 0 Å².